The Bertz CT molecular complexity index is 491. The minimum atomic E-state index is 0. The zero-order chi connectivity index (χ0) is 14.7. The molecular weight excluding hydrogens is 366 g/mol. The fourth-order valence-corrected chi connectivity index (χ4v) is 3.43. The van der Waals surface area contributed by atoms with Crippen molar-refractivity contribution >= 4 is 39.9 Å². The van der Waals surface area contributed by atoms with Crippen LogP contribution in [0.15, 0.2) is 28.7 Å². The molecule has 1 aromatic rings. The second-order valence-electron chi connectivity index (χ2n) is 5.94. The average Bonchev–Trinajstić information content (AvgIpc) is 2.97. The van der Waals surface area contributed by atoms with E-state index in [0.29, 0.717) is 0 Å². The molecule has 2 N–H and O–H groups in total. The van der Waals surface area contributed by atoms with Crippen LogP contribution in [0, 0.1) is 5.92 Å². The highest BCUT2D eigenvalue weighted by Crippen LogP contribution is 2.23. The summed E-state index contributed by atoms with van der Waals surface area (Å²) in [5, 5.41) is 6.55. The summed E-state index contributed by atoms with van der Waals surface area (Å²) in [6.07, 6.45) is 2.97. The molecule has 2 saturated heterocycles. The Hall–Kier alpha value is -0.780. The molecule has 0 aliphatic carbocycles. The topological polar surface area (TPSA) is 44.4 Å². The number of nitrogens with one attached hydrogen (secondary N) is 2. The van der Waals surface area contributed by atoms with Crippen LogP contribution >= 0.6 is 28.3 Å². The maximum Gasteiger partial charge on any atom is 0.223 e. The third kappa shape index (κ3) is 4.37. The quantitative estimate of drug-likeness (QED) is 0.836. The number of hydrogen-bond acceptors (Lipinski definition) is 3. The van der Waals surface area contributed by atoms with Gasteiger partial charge in [0.25, 0.3) is 0 Å². The maximum absolute atomic E-state index is 12.3. The minimum absolute atomic E-state index is 0. The summed E-state index contributed by atoms with van der Waals surface area (Å²) >= 11 is 3.46. The van der Waals surface area contributed by atoms with Crippen molar-refractivity contribution in [2.75, 3.05) is 31.1 Å². The van der Waals surface area contributed by atoms with Crippen molar-refractivity contribution in [3.63, 3.8) is 0 Å². The molecule has 0 bridgehead atoms. The first-order chi connectivity index (χ1) is 10.2. The molecule has 1 atom stereocenters. The normalized spacial score (nSPS) is 22.2. The Labute approximate surface area is 146 Å². The number of rotatable bonds is 3. The van der Waals surface area contributed by atoms with Gasteiger partial charge in [-0.25, -0.2) is 0 Å². The van der Waals surface area contributed by atoms with Crippen molar-refractivity contribution < 1.29 is 4.79 Å². The van der Waals surface area contributed by atoms with Gasteiger partial charge in [0.2, 0.25) is 5.91 Å². The van der Waals surface area contributed by atoms with E-state index in [-0.39, 0.29) is 30.3 Å². The number of nitrogens with zero attached hydrogens (tertiary/aromatic N) is 1. The van der Waals surface area contributed by atoms with Gasteiger partial charge in [0, 0.05) is 35.2 Å². The Morgan fingerprint density at radius 1 is 1.18 bits per heavy atom. The molecule has 22 heavy (non-hydrogen) atoms. The molecule has 0 saturated carbocycles. The predicted molar refractivity (Wildman–Crippen MR) is 95.7 cm³/mol. The maximum atomic E-state index is 12.3. The number of amides is 1. The Morgan fingerprint density at radius 2 is 1.86 bits per heavy atom. The molecule has 4 nitrogen and oxygen atoms in total. The lowest BCUT2D eigenvalue weighted by molar-refractivity contribution is -0.126. The molecule has 2 aliphatic heterocycles. The first-order valence-corrected chi connectivity index (χ1v) is 8.53. The molecular formula is C16H23BrClN3O. The van der Waals surface area contributed by atoms with E-state index in [2.05, 4.69) is 55.7 Å². The molecule has 0 radical (unpaired) electrons. The lowest BCUT2D eigenvalue weighted by atomic mass is 9.97. The van der Waals surface area contributed by atoms with Gasteiger partial charge in [0.15, 0.2) is 0 Å². The van der Waals surface area contributed by atoms with E-state index in [4.69, 9.17) is 0 Å². The van der Waals surface area contributed by atoms with Gasteiger partial charge in [0.05, 0.1) is 0 Å². The molecule has 3 rings (SSSR count). The fourth-order valence-electron chi connectivity index (χ4n) is 3.17. The zero-order valence-corrected chi connectivity index (χ0v) is 15.0. The second kappa shape index (κ2) is 8.18. The Morgan fingerprint density at radius 3 is 2.55 bits per heavy atom. The number of carbonyl (C=O) groups excluding carboxylic acids is 1. The summed E-state index contributed by atoms with van der Waals surface area (Å²) in [7, 11) is 0. The van der Waals surface area contributed by atoms with E-state index >= 15 is 0 Å². The van der Waals surface area contributed by atoms with Crippen LogP contribution in [0.3, 0.4) is 0 Å². The van der Waals surface area contributed by atoms with Crippen molar-refractivity contribution in [2.45, 2.75) is 25.3 Å². The van der Waals surface area contributed by atoms with Gasteiger partial charge in [-0.1, -0.05) is 15.9 Å². The molecule has 1 amide bonds. The summed E-state index contributed by atoms with van der Waals surface area (Å²) in [5.41, 5.74) is 1.23. The van der Waals surface area contributed by atoms with Crippen LogP contribution in [0.4, 0.5) is 5.69 Å². The lowest BCUT2D eigenvalue weighted by Crippen LogP contribution is -2.43. The third-order valence-electron chi connectivity index (χ3n) is 4.44. The number of piperidine rings is 1. The summed E-state index contributed by atoms with van der Waals surface area (Å²) in [6, 6.07) is 8.67. The highest BCUT2D eigenvalue weighted by atomic mass is 79.9. The van der Waals surface area contributed by atoms with Gasteiger partial charge < -0.3 is 15.5 Å². The third-order valence-corrected chi connectivity index (χ3v) is 4.97. The van der Waals surface area contributed by atoms with Crippen LogP contribution < -0.4 is 15.5 Å². The summed E-state index contributed by atoms with van der Waals surface area (Å²) < 4.78 is 1.10. The van der Waals surface area contributed by atoms with E-state index in [0.717, 1.165) is 49.9 Å². The number of halogens is 2. The van der Waals surface area contributed by atoms with Crippen molar-refractivity contribution in [1.29, 1.82) is 0 Å². The molecule has 2 aliphatic rings. The molecule has 2 fully saturated rings. The Balaban J connectivity index is 0.00000176. The zero-order valence-electron chi connectivity index (χ0n) is 12.6. The number of hydrogen-bond donors (Lipinski definition) is 2. The fraction of sp³-hybridized carbons (Fsp3) is 0.562. The van der Waals surface area contributed by atoms with Crippen LogP contribution in [-0.4, -0.2) is 38.1 Å². The van der Waals surface area contributed by atoms with E-state index in [1.165, 1.54) is 5.69 Å². The lowest BCUT2D eigenvalue weighted by Gasteiger charge is -2.24. The van der Waals surface area contributed by atoms with Crippen molar-refractivity contribution in [3.05, 3.63) is 28.7 Å². The first-order valence-electron chi connectivity index (χ1n) is 7.74. The number of carbonyl (C=O) groups is 1. The van der Waals surface area contributed by atoms with Crippen molar-refractivity contribution in [1.82, 2.24) is 10.6 Å². The van der Waals surface area contributed by atoms with Gasteiger partial charge >= 0.3 is 0 Å². The molecule has 1 aromatic carbocycles. The van der Waals surface area contributed by atoms with Crippen LogP contribution in [-0.2, 0) is 4.79 Å². The summed E-state index contributed by atoms with van der Waals surface area (Å²) in [6.45, 7) is 3.86. The van der Waals surface area contributed by atoms with Crippen LogP contribution in [0.2, 0.25) is 0 Å². The molecule has 122 valence electrons. The summed E-state index contributed by atoms with van der Waals surface area (Å²) in [4.78, 5) is 14.6. The first kappa shape index (κ1) is 17.6. The van der Waals surface area contributed by atoms with Crippen molar-refractivity contribution in [3.8, 4) is 0 Å². The molecule has 2 heterocycles. The molecule has 6 heteroatoms. The number of benzene rings is 1. The largest absolute Gasteiger partial charge is 0.369 e. The highest BCUT2D eigenvalue weighted by Gasteiger charge is 2.27. The standard InChI is InChI=1S/C16H22BrN3O.ClH/c17-13-1-3-15(4-2-13)20-10-7-14(11-20)19-16(21)12-5-8-18-9-6-12;/h1-4,12,14,18H,5-11H2,(H,19,21);1H. The SMILES string of the molecule is Cl.O=C(NC1CCN(c2ccc(Br)cc2)C1)C1CCNCC1. The minimum Gasteiger partial charge on any atom is -0.369 e. The second-order valence-corrected chi connectivity index (χ2v) is 6.86. The van der Waals surface area contributed by atoms with Gasteiger partial charge in [-0.3, -0.25) is 4.79 Å². The average molecular weight is 389 g/mol. The Kier molecular flexibility index (Phi) is 6.53. The predicted octanol–water partition coefficient (Wildman–Crippen LogP) is 2.57. The van der Waals surface area contributed by atoms with E-state index in [1.807, 2.05) is 0 Å². The molecule has 0 aromatic heterocycles. The van der Waals surface area contributed by atoms with Crippen LogP contribution in [0.25, 0.3) is 0 Å². The highest BCUT2D eigenvalue weighted by molar-refractivity contribution is 9.10. The molecule has 1 unspecified atom stereocenters. The van der Waals surface area contributed by atoms with E-state index in [1.54, 1.807) is 0 Å². The van der Waals surface area contributed by atoms with E-state index in [9.17, 15) is 4.79 Å². The monoisotopic (exact) mass is 387 g/mol. The van der Waals surface area contributed by atoms with Gasteiger partial charge in [-0.15, -0.1) is 12.4 Å². The van der Waals surface area contributed by atoms with Crippen molar-refractivity contribution in [2.24, 2.45) is 5.92 Å². The van der Waals surface area contributed by atoms with Gasteiger partial charge in [0.1, 0.15) is 0 Å². The smallest absolute Gasteiger partial charge is 0.223 e. The number of anilines is 1. The van der Waals surface area contributed by atoms with E-state index < -0.39 is 0 Å². The van der Waals surface area contributed by atoms with Crippen LogP contribution in [0.1, 0.15) is 19.3 Å². The summed E-state index contributed by atoms with van der Waals surface area (Å²) in [5.74, 6) is 0.451. The van der Waals surface area contributed by atoms with Gasteiger partial charge in [-0.2, -0.15) is 0 Å². The van der Waals surface area contributed by atoms with Gasteiger partial charge in [-0.05, 0) is 56.6 Å². The van der Waals surface area contributed by atoms with Crippen LogP contribution in [0.5, 0.6) is 0 Å². The molecule has 0 spiro atoms.